The molecular formula is C14H20N4. The molecule has 0 bridgehead atoms. The van der Waals surface area contributed by atoms with E-state index in [0.29, 0.717) is 6.04 Å². The van der Waals surface area contributed by atoms with E-state index < -0.39 is 0 Å². The Hall–Kier alpha value is -1.71. The molecule has 18 heavy (non-hydrogen) atoms. The summed E-state index contributed by atoms with van der Waals surface area (Å²) in [6.45, 7) is 0. The van der Waals surface area contributed by atoms with Gasteiger partial charge in [0.05, 0.1) is 23.1 Å². The van der Waals surface area contributed by atoms with Crippen LogP contribution in [0.2, 0.25) is 0 Å². The first-order chi connectivity index (χ1) is 8.83. The van der Waals surface area contributed by atoms with Gasteiger partial charge in [-0.15, -0.1) is 0 Å². The van der Waals surface area contributed by atoms with E-state index in [4.69, 9.17) is 5.73 Å². The summed E-state index contributed by atoms with van der Waals surface area (Å²) < 4.78 is 0. The Kier molecular flexibility index (Phi) is 3.09. The van der Waals surface area contributed by atoms with Gasteiger partial charge in [-0.2, -0.15) is 5.10 Å². The van der Waals surface area contributed by atoms with E-state index in [1.165, 1.54) is 38.5 Å². The summed E-state index contributed by atoms with van der Waals surface area (Å²) in [7, 11) is 0. The highest BCUT2D eigenvalue weighted by Gasteiger charge is 2.13. The van der Waals surface area contributed by atoms with Gasteiger partial charge in [-0.25, -0.2) is 0 Å². The van der Waals surface area contributed by atoms with E-state index in [2.05, 4.69) is 21.6 Å². The van der Waals surface area contributed by atoms with E-state index >= 15 is 0 Å². The van der Waals surface area contributed by atoms with E-state index in [-0.39, 0.29) is 0 Å². The molecule has 1 aliphatic rings. The number of fused-ring (bicyclic) bond motifs is 1. The zero-order chi connectivity index (χ0) is 12.4. The standard InChI is InChI=1S/C14H20N4/c15-12-7-10-9-16-18-13(10)8-14(12)17-11-5-3-1-2-4-6-11/h7-9,11,17H,1-6,15H2,(H,16,18). The molecule has 4 nitrogen and oxygen atoms in total. The number of anilines is 2. The number of nitrogens with zero attached hydrogens (tertiary/aromatic N) is 1. The molecule has 1 aromatic carbocycles. The maximum Gasteiger partial charge on any atom is 0.0672 e. The molecule has 2 aromatic rings. The van der Waals surface area contributed by atoms with Crippen LogP contribution in [0.3, 0.4) is 0 Å². The topological polar surface area (TPSA) is 66.7 Å². The van der Waals surface area contributed by atoms with Gasteiger partial charge in [0, 0.05) is 11.4 Å². The maximum absolute atomic E-state index is 6.10. The van der Waals surface area contributed by atoms with Gasteiger partial charge >= 0.3 is 0 Å². The Morgan fingerprint density at radius 3 is 2.72 bits per heavy atom. The fourth-order valence-electron chi connectivity index (χ4n) is 2.78. The van der Waals surface area contributed by atoms with Crippen molar-refractivity contribution >= 4 is 22.3 Å². The third-order valence-corrected chi connectivity index (χ3v) is 3.83. The number of rotatable bonds is 2. The first-order valence-corrected chi connectivity index (χ1v) is 6.82. The summed E-state index contributed by atoms with van der Waals surface area (Å²) in [6, 6.07) is 4.62. The number of benzene rings is 1. The molecule has 1 heterocycles. The van der Waals surface area contributed by atoms with Crippen molar-refractivity contribution in [2.75, 3.05) is 11.1 Å². The zero-order valence-corrected chi connectivity index (χ0v) is 10.6. The highest BCUT2D eigenvalue weighted by atomic mass is 15.1. The smallest absolute Gasteiger partial charge is 0.0672 e. The van der Waals surface area contributed by atoms with Crippen molar-refractivity contribution in [3.8, 4) is 0 Å². The van der Waals surface area contributed by atoms with Crippen molar-refractivity contribution in [3.63, 3.8) is 0 Å². The first kappa shape index (κ1) is 11.4. The van der Waals surface area contributed by atoms with Crippen LogP contribution in [0.15, 0.2) is 18.3 Å². The summed E-state index contributed by atoms with van der Waals surface area (Å²) in [6.07, 6.45) is 9.69. The molecule has 0 aliphatic heterocycles. The van der Waals surface area contributed by atoms with Gasteiger partial charge in [0.15, 0.2) is 0 Å². The maximum atomic E-state index is 6.10. The fourth-order valence-corrected chi connectivity index (χ4v) is 2.78. The van der Waals surface area contributed by atoms with Crippen molar-refractivity contribution in [2.24, 2.45) is 0 Å². The van der Waals surface area contributed by atoms with Crippen molar-refractivity contribution in [1.82, 2.24) is 10.2 Å². The Bertz CT molecular complexity index is 524. The summed E-state index contributed by atoms with van der Waals surface area (Å²) >= 11 is 0. The van der Waals surface area contributed by atoms with E-state index in [1.54, 1.807) is 6.20 Å². The van der Waals surface area contributed by atoms with Crippen LogP contribution < -0.4 is 11.1 Å². The molecule has 0 amide bonds. The number of H-pyrrole nitrogens is 1. The molecule has 3 rings (SSSR count). The predicted octanol–water partition coefficient (Wildman–Crippen LogP) is 3.28. The van der Waals surface area contributed by atoms with Crippen molar-refractivity contribution < 1.29 is 0 Å². The Morgan fingerprint density at radius 1 is 1.17 bits per heavy atom. The Morgan fingerprint density at radius 2 is 1.94 bits per heavy atom. The molecule has 4 N–H and O–H groups in total. The van der Waals surface area contributed by atoms with E-state index in [1.807, 2.05) is 6.07 Å². The van der Waals surface area contributed by atoms with Crippen molar-refractivity contribution in [1.29, 1.82) is 0 Å². The second-order valence-corrected chi connectivity index (χ2v) is 5.23. The lowest BCUT2D eigenvalue weighted by atomic mass is 10.1. The molecule has 4 heteroatoms. The SMILES string of the molecule is Nc1cc2cn[nH]c2cc1NC1CCCCCC1. The van der Waals surface area contributed by atoms with Gasteiger partial charge in [0.25, 0.3) is 0 Å². The molecule has 1 fully saturated rings. The number of aromatic amines is 1. The highest BCUT2D eigenvalue weighted by Crippen LogP contribution is 2.28. The lowest BCUT2D eigenvalue weighted by Crippen LogP contribution is -2.19. The molecular weight excluding hydrogens is 224 g/mol. The van der Waals surface area contributed by atoms with Gasteiger partial charge in [-0.3, -0.25) is 5.10 Å². The van der Waals surface area contributed by atoms with Crippen LogP contribution >= 0.6 is 0 Å². The second-order valence-electron chi connectivity index (χ2n) is 5.23. The molecule has 1 aliphatic carbocycles. The van der Waals surface area contributed by atoms with Crippen LogP contribution in [0.25, 0.3) is 10.9 Å². The van der Waals surface area contributed by atoms with E-state index in [9.17, 15) is 0 Å². The van der Waals surface area contributed by atoms with E-state index in [0.717, 1.165) is 22.3 Å². The quantitative estimate of drug-likeness (QED) is 0.561. The van der Waals surface area contributed by atoms with Crippen LogP contribution in [0.1, 0.15) is 38.5 Å². The first-order valence-electron chi connectivity index (χ1n) is 6.82. The van der Waals surface area contributed by atoms with Gasteiger partial charge in [-0.1, -0.05) is 25.7 Å². The summed E-state index contributed by atoms with van der Waals surface area (Å²) in [5.74, 6) is 0. The van der Waals surface area contributed by atoms with Crippen molar-refractivity contribution in [2.45, 2.75) is 44.6 Å². The van der Waals surface area contributed by atoms with Gasteiger partial charge in [-0.05, 0) is 25.0 Å². The van der Waals surface area contributed by atoms with Crippen molar-refractivity contribution in [3.05, 3.63) is 18.3 Å². The zero-order valence-electron chi connectivity index (χ0n) is 10.6. The summed E-state index contributed by atoms with van der Waals surface area (Å²) in [5, 5.41) is 11.7. The number of hydrogen-bond donors (Lipinski definition) is 3. The minimum Gasteiger partial charge on any atom is -0.397 e. The van der Waals surface area contributed by atoms with Crippen LogP contribution in [0.4, 0.5) is 11.4 Å². The molecule has 96 valence electrons. The molecule has 0 radical (unpaired) electrons. The number of hydrogen-bond acceptors (Lipinski definition) is 3. The van der Waals surface area contributed by atoms with Crippen LogP contribution in [0, 0.1) is 0 Å². The summed E-state index contributed by atoms with van der Waals surface area (Å²) in [5.41, 5.74) is 8.99. The highest BCUT2D eigenvalue weighted by molar-refractivity contribution is 5.88. The van der Waals surface area contributed by atoms with Crippen LogP contribution in [-0.4, -0.2) is 16.2 Å². The Labute approximate surface area is 107 Å². The molecule has 1 saturated carbocycles. The number of nitrogens with two attached hydrogens (primary N) is 1. The molecule has 1 aromatic heterocycles. The largest absolute Gasteiger partial charge is 0.397 e. The number of nitrogen functional groups attached to an aromatic ring is 1. The van der Waals surface area contributed by atoms with Crippen LogP contribution in [-0.2, 0) is 0 Å². The molecule has 0 atom stereocenters. The van der Waals surface area contributed by atoms with Gasteiger partial charge < -0.3 is 11.1 Å². The van der Waals surface area contributed by atoms with Gasteiger partial charge in [0.1, 0.15) is 0 Å². The monoisotopic (exact) mass is 244 g/mol. The molecule has 0 saturated heterocycles. The fraction of sp³-hybridized carbons (Fsp3) is 0.500. The molecule has 0 unspecified atom stereocenters. The predicted molar refractivity (Wildman–Crippen MR) is 75.6 cm³/mol. The number of nitrogens with one attached hydrogen (secondary N) is 2. The lowest BCUT2D eigenvalue weighted by molar-refractivity contribution is 0.620. The number of aromatic nitrogens is 2. The van der Waals surface area contributed by atoms with Gasteiger partial charge in [0.2, 0.25) is 0 Å². The lowest BCUT2D eigenvalue weighted by Gasteiger charge is -2.19. The minimum absolute atomic E-state index is 0.565. The van der Waals surface area contributed by atoms with Crippen LogP contribution in [0.5, 0.6) is 0 Å². The average Bonchev–Trinajstić information content (AvgIpc) is 2.65. The second kappa shape index (κ2) is 4.88. The summed E-state index contributed by atoms with van der Waals surface area (Å²) in [4.78, 5) is 0. The normalized spacial score (nSPS) is 17.8. The minimum atomic E-state index is 0.565. The third kappa shape index (κ3) is 2.28. The average molecular weight is 244 g/mol. The Balaban J connectivity index is 1.82. The third-order valence-electron chi connectivity index (χ3n) is 3.83. The molecule has 0 spiro atoms.